The number of nitrogens with two attached hydrogens (primary N) is 1. The fourth-order valence-electron chi connectivity index (χ4n) is 2.08. The smallest absolute Gasteiger partial charge is 0.341 e. The minimum Gasteiger partial charge on any atom is -0.465 e. The van der Waals surface area contributed by atoms with Gasteiger partial charge in [-0.15, -0.1) is 0 Å². The number of hydrogen-bond acceptors (Lipinski definition) is 6. The molecule has 0 aliphatic carbocycles. The van der Waals surface area contributed by atoms with Gasteiger partial charge in [-0.3, -0.25) is 0 Å². The van der Waals surface area contributed by atoms with Crippen molar-refractivity contribution in [3.05, 3.63) is 17.8 Å². The van der Waals surface area contributed by atoms with E-state index in [0.29, 0.717) is 23.0 Å². The van der Waals surface area contributed by atoms with Crippen molar-refractivity contribution in [1.82, 2.24) is 4.98 Å². The number of rotatable bonds is 4. The first-order chi connectivity index (χ1) is 9.20. The molecule has 0 amide bonds. The predicted molar refractivity (Wildman–Crippen MR) is 78.5 cm³/mol. The summed E-state index contributed by atoms with van der Waals surface area (Å²) in [5.41, 5.74) is 6.51. The number of nitrogens with one attached hydrogen (secondary N) is 1. The molecule has 1 aromatic heterocycles. The molecule has 0 radical (unpaired) electrons. The average molecular weight is 281 g/mol. The van der Waals surface area contributed by atoms with Gasteiger partial charge in [-0.2, -0.15) is 11.8 Å². The van der Waals surface area contributed by atoms with Gasteiger partial charge in [-0.1, -0.05) is 0 Å². The van der Waals surface area contributed by atoms with Crippen molar-refractivity contribution < 1.29 is 9.53 Å². The summed E-state index contributed by atoms with van der Waals surface area (Å²) in [6, 6.07) is 1.60. The Labute approximate surface area is 117 Å². The SMILES string of the molecule is COC(=O)c1cc(N)cnc1NCC1CCSCC1. The summed E-state index contributed by atoms with van der Waals surface area (Å²) >= 11 is 2.00. The van der Waals surface area contributed by atoms with Gasteiger partial charge in [-0.05, 0) is 36.3 Å². The van der Waals surface area contributed by atoms with Crippen LogP contribution in [-0.2, 0) is 4.74 Å². The van der Waals surface area contributed by atoms with Crippen molar-refractivity contribution in [3.8, 4) is 0 Å². The summed E-state index contributed by atoms with van der Waals surface area (Å²) in [6.45, 7) is 0.835. The highest BCUT2D eigenvalue weighted by Gasteiger charge is 2.17. The van der Waals surface area contributed by atoms with E-state index in [1.54, 1.807) is 12.3 Å². The van der Waals surface area contributed by atoms with Gasteiger partial charge in [0.1, 0.15) is 11.4 Å². The summed E-state index contributed by atoms with van der Waals surface area (Å²) in [5.74, 6) is 3.21. The molecule has 1 saturated heterocycles. The zero-order valence-corrected chi connectivity index (χ0v) is 11.8. The molecule has 0 atom stereocenters. The summed E-state index contributed by atoms with van der Waals surface area (Å²) < 4.78 is 4.75. The molecule has 0 spiro atoms. The summed E-state index contributed by atoms with van der Waals surface area (Å²) in [7, 11) is 1.35. The Bertz CT molecular complexity index is 448. The van der Waals surface area contributed by atoms with Crippen LogP contribution in [-0.4, -0.2) is 36.1 Å². The number of methoxy groups -OCH3 is 1. The molecule has 1 aromatic rings. The van der Waals surface area contributed by atoms with Gasteiger partial charge in [0.2, 0.25) is 0 Å². The van der Waals surface area contributed by atoms with Crippen LogP contribution in [0, 0.1) is 5.92 Å². The van der Waals surface area contributed by atoms with Crippen molar-refractivity contribution in [1.29, 1.82) is 0 Å². The van der Waals surface area contributed by atoms with Crippen LogP contribution in [0.15, 0.2) is 12.3 Å². The quantitative estimate of drug-likeness (QED) is 0.822. The number of ether oxygens (including phenoxy) is 1. The molecule has 104 valence electrons. The van der Waals surface area contributed by atoms with E-state index >= 15 is 0 Å². The fourth-order valence-corrected chi connectivity index (χ4v) is 3.28. The van der Waals surface area contributed by atoms with Crippen LogP contribution in [0.25, 0.3) is 0 Å². The molecule has 0 aromatic carbocycles. The van der Waals surface area contributed by atoms with E-state index in [1.165, 1.54) is 31.5 Å². The van der Waals surface area contributed by atoms with Crippen molar-refractivity contribution >= 4 is 29.2 Å². The summed E-state index contributed by atoms with van der Waals surface area (Å²) in [5, 5.41) is 3.25. The highest BCUT2D eigenvalue weighted by Crippen LogP contribution is 2.24. The fraction of sp³-hybridized carbons (Fsp3) is 0.538. The second-order valence-corrected chi connectivity index (χ2v) is 5.82. The van der Waals surface area contributed by atoms with E-state index in [9.17, 15) is 4.79 Å². The second kappa shape index (κ2) is 6.65. The van der Waals surface area contributed by atoms with Gasteiger partial charge >= 0.3 is 5.97 Å². The van der Waals surface area contributed by atoms with Crippen molar-refractivity contribution in [3.63, 3.8) is 0 Å². The number of carbonyl (C=O) groups excluding carboxylic acids is 1. The van der Waals surface area contributed by atoms with Gasteiger partial charge in [0.15, 0.2) is 0 Å². The lowest BCUT2D eigenvalue weighted by atomic mass is 10.0. The highest BCUT2D eigenvalue weighted by molar-refractivity contribution is 7.99. The molecule has 0 bridgehead atoms. The maximum Gasteiger partial charge on any atom is 0.341 e. The number of anilines is 2. The lowest BCUT2D eigenvalue weighted by molar-refractivity contribution is 0.0601. The third-order valence-corrected chi connectivity index (χ3v) is 4.26. The molecule has 1 aliphatic heterocycles. The maximum absolute atomic E-state index is 11.7. The number of carbonyl (C=O) groups is 1. The Morgan fingerprint density at radius 3 is 3.00 bits per heavy atom. The highest BCUT2D eigenvalue weighted by atomic mass is 32.2. The van der Waals surface area contributed by atoms with Crippen LogP contribution in [0.4, 0.5) is 11.5 Å². The van der Waals surface area contributed by atoms with Gasteiger partial charge in [0, 0.05) is 6.54 Å². The monoisotopic (exact) mass is 281 g/mol. The first-order valence-electron chi connectivity index (χ1n) is 6.36. The summed E-state index contributed by atoms with van der Waals surface area (Å²) in [4.78, 5) is 15.9. The Balaban J connectivity index is 2.04. The minimum atomic E-state index is -0.415. The number of thioether (sulfide) groups is 1. The molecule has 0 saturated carbocycles. The van der Waals surface area contributed by atoms with Gasteiger partial charge in [-0.25, -0.2) is 9.78 Å². The predicted octanol–water partition coefficient (Wildman–Crippen LogP) is 2.01. The molecule has 1 aliphatic rings. The van der Waals surface area contributed by atoms with Crippen molar-refractivity contribution in [2.75, 3.05) is 36.2 Å². The molecular formula is C13H19N3O2S. The normalized spacial score (nSPS) is 16.1. The Hall–Kier alpha value is -1.43. The third-order valence-electron chi connectivity index (χ3n) is 3.21. The number of pyridine rings is 1. The van der Waals surface area contributed by atoms with Gasteiger partial charge < -0.3 is 15.8 Å². The molecule has 3 N–H and O–H groups in total. The lowest BCUT2D eigenvalue weighted by Gasteiger charge is -2.22. The van der Waals surface area contributed by atoms with E-state index in [4.69, 9.17) is 10.5 Å². The van der Waals surface area contributed by atoms with Gasteiger partial charge in [0.25, 0.3) is 0 Å². The second-order valence-electron chi connectivity index (χ2n) is 4.59. The van der Waals surface area contributed by atoms with Crippen LogP contribution < -0.4 is 11.1 Å². The Morgan fingerprint density at radius 2 is 2.32 bits per heavy atom. The topological polar surface area (TPSA) is 77.2 Å². The lowest BCUT2D eigenvalue weighted by Crippen LogP contribution is -2.21. The Morgan fingerprint density at radius 1 is 1.58 bits per heavy atom. The summed E-state index contributed by atoms with van der Waals surface area (Å²) in [6.07, 6.45) is 3.96. The standard InChI is InChI=1S/C13H19N3O2S/c1-18-13(17)11-6-10(14)8-16-12(11)15-7-9-2-4-19-5-3-9/h6,8-9H,2-5,7,14H2,1H3,(H,15,16). The van der Waals surface area contributed by atoms with Gasteiger partial charge in [0.05, 0.1) is 19.0 Å². The average Bonchev–Trinajstić information content (AvgIpc) is 2.46. The molecule has 2 heterocycles. The third kappa shape index (κ3) is 3.76. The first kappa shape index (κ1) is 14.0. The number of esters is 1. The zero-order chi connectivity index (χ0) is 13.7. The van der Waals surface area contributed by atoms with Crippen molar-refractivity contribution in [2.45, 2.75) is 12.8 Å². The molecular weight excluding hydrogens is 262 g/mol. The van der Waals surface area contributed by atoms with Crippen LogP contribution in [0.5, 0.6) is 0 Å². The molecule has 5 nitrogen and oxygen atoms in total. The molecule has 19 heavy (non-hydrogen) atoms. The van der Waals surface area contributed by atoms with E-state index in [0.717, 1.165) is 6.54 Å². The minimum absolute atomic E-state index is 0.396. The van der Waals surface area contributed by atoms with Crippen LogP contribution in [0.1, 0.15) is 23.2 Å². The van der Waals surface area contributed by atoms with Crippen LogP contribution in [0.2, 0.25) is 0 Å². The van der Waals surface area contributed by atoms with E-state index in [1.807, 2.05) is 11.8 Å². The molecule has 2 rings (SSSR count). The number of nitrogen functional groups attached to an aromatic ring is 1. The largest absolute Gasteiger partial charge is 0.465 e. The van der Waals surface area contributed by atoms with Crippen LogP contribution >= 0.6 is 11.8 Å². The zero-order valence-electron chi connectivity index (χ0n) is 11.0. The van der Waals surface area contributed by atoms with Crippen molar-refractivity contribution in [2.24, 2.45) is 5.92 Å². The number of nitrogens with zero attached hydrogens (tertiary/aromatic N) is 1. The molecule has 0 unspecified atom stereocenters. The van der Waals surface area contributed by atoms with E-state index in [2.05, 4.69) is 10.3 Å². The number of hydrogen-bond donors (Lipinski definition) is 2. The van der Waals surface area contributed by atoms with E-state index in [-0.39, 0.29) is 0 Å². The Kier molecular flexibility index (Phi) is 4.90. The van der Waals surface area contributed by atoms with E-state index < -0.39 is 5.97 Å². The maximum atomic E-state index is 11.7. The number of aromatic nitrogens is 1. The first-order valence-corrected chi connectivity index (χ1v) is 7.51. The molecule has 1 fully saturated rings. The molecule has 6 heteroatoms. The van der Waals surface area contributed by atoms with Crippen LogP contribution in [0.3, 0.4) is 0 Å².